The molecule has 11 nitrogen and oxygen atoms in total. The van der Waals surface area contributed by atoms with E-state index in [1.807, 2.05) is 6.07 Å². The Bertz CT molecular complexity index is 1320. The molecule has 11 heteroatoms. The van der Waals surface area contributed by atoms with E-state index in [1.54, 1.807) is 43.0 Å². The number of aryl methyl sites for hydroxylation is 1. The summed E-state index contributed by atoms with van der Waals surface area (Å²) in [6, 6.07) is 7.43. The van der Waals surface area contributed by atoms with Gasteiger partial charge in [-0.3, -0.25) is 0 Å². The molecule has 0 fully saturated rings. The SMILES string of the molecule is COCCOc1nc2ccc(C#CC(C)(O)c3noc(C)n3)cc2n1-c1ccnc(N)n1. The molecule has 164 valence electrons. The number of aromatic nitrogens is 6. The predicted molar refractivity (Wildman–Crippen MR) is 114 cm³/mol. The minimum Gasteiger partial charge on any atom is -0.462 e. The first kappa shape index (κ1) is 21.2. The fourth-order valence-corrected chi connectivity index (χ4v) is 2.90. The lowest BCUT2D eigenvalue weighted by Crippen LogP contribution is -2.20. The molecule has 3 aromatic heterocycles. The van der Waals surface area contributed by atoms with Gasteiger partial charge in [0, 0.05) is 31.9 Å². The fourth-order valence-electron chi connectivity index (χ4n) is 2.90. The summed E-state index contributed by atoms with van der Waals surface area (Å²) >= 11 is 0. The van der Waals surface area contributed by atoms with E-state index in [0.717, 1.165) is 0 Å². The van der Waals surface area contributed by atoms with E-state index in [4.69, 9.17) is 19.7 Å². The van der Waals surface area contributed by atoms with Gasteiger partial charge in [0.05, 0.1) is 17.6 Å². The largest absolute Gasteiger partial charge is 0.462 e. The van der Waals surface area contributed by atoms with Crippen molar-refractivity contribution in [3.8, 4) is 23.7 Å². The molecule has 0 aliphatic heterocycles. The van der Waals surface area contributed by atoms with Gasteiger partial charge < -0.3 is 24.8 Å². The summed E-state index contributed by atoms with van der Waals surface area (Å²) in [7, 11) is 1.59. The number of aliphatic hydroxyl groups is 1. The van der Waals surface area contributed by atoms with Gasteiger partial charge in [0.25, 0.3) is 0 Å². The minimum atomic E-state index is -1.58. The Balaban J connectivity index is 1.77. The molecule has 4 aromatic rings. The Kier molecular flexibility index (Phi) is 5.72. The molecule has 0 bridgehead atoms. The van der Waals surface area contributed by atoms with Crippen molar-refractivity contribution < 1.29 is 19.1 Å². The highest BCUT2D eigenvalue weighted by atomic mass is 16.5. The van der Waals surface area contributed by atoms with Gasteiger partial charge in [-0.1, -0.05) is 17.0 Å². The number of nitrogens with zero attached hydrogens (tertiary/aromatic N) is 6. The zero-order valence-electron chi connectivity index (χ0n) is 17.7. The third kappa shape index (κ3) is 4.36. The van der Waals surface area contributed by atoms with Crippen molar-refractivity contribution in [1.29, 1.82) is 0 Å². The van der Waals surface area contributed by atoms with Gasteiger partial charge in [-0.25, -0.2) is 9.55 Å². The molecule has 0 saturated carbocycles. The lowest BCUT2D eigenvalue weighted by molar-refractivity contribution is 0.108. The van der Waals surface area contributed by atoms with Crippen molar-refractivity contribution in [2.45, 2.75) is 19.4 Å². The van der Waals surface area contributed by atoms with Gasteiger partial charge in [0.2, 0.25) is 17.7 Å². The average molecular weight is 435 g/mol. The average Bonchev–Trinajstić information content (AvgIpc) is 3.36. The van der Waals surface area contributed by atoms with Crippen LogP contribution in [0.4, 0.5) is 5.95 Å². The van der Waals surface area contributed by atoms with Crippen LogP contribution in [0.5, 0.6) is 6.01 Å². The maximum atomic E-state index is 10.6. The Hall–Kier alpha value is -4.01. The second-order valence-electron chi connectivity index (χ2n) is 7.01. The molecule has 4 rings (SSSR count). The van der Waals surface area contributed by atoms with E-state index < -0.39 is 5.60 Å². The molecule has 1 atom stereocenters. The highest BCUT2D eigenvalue weighted by Crippen LogP contribution is 2.26. The van der Waals surface area contributed by atoms with Gasteiger partial charge in [0.15, 0.2) is 5.60 Å². The summed E-state index contributed by atoms with van der Waals surface area (Å²) < 4.78 is 17.5. The van der Waals surface area contributed by atoms with Crippen molar-refractivity contribution in [3.63, 3.8) is 0 Å². The summed E-state index contributed by atoms with van der Waals surface area (Å²) in [6.45, 7) is 3.84. The molecule has 1 unspecified atom stereocenters. The van der Waals surface area contributed by atoms with Gasteiger partial charge in [0.1, 0.15) is 12.4 Å². The number of fused-ring (bicyclic) bond motifs is 1. The molecular weight excluding hydrogens is 414 g/mol. The summed E-state index contributed by atoms with van der Waals surface area (Å²) in [5.74, 6) is 6.79. The zero-order valence-corrected chi connectivity index (χ0v) is 17.7. The van der Waals surface area contributed by atoms with E-state index >= 15 is 0 Å². The number of hydrogen-bond donors (Lipinski definition) is 2. The van der Waals surface area contributed by atoms with Crippen LogP contribution in [-0.4, -0.2) is 55.1 Å². The Morgan fingerprint density at radius 3 is 2.78 bits per heavy atom. The van der Waals surface area contributed by atoms with Crippen LogP contribution in [-0.2, 0) is 10.3 Å². The van der Waals surface area contributed by atoms with Crippen LogP contribution in [0, 0.1) is 18.8 Å². The first-order chi connectivity index (χ1) is 15.4. The summed E-state index contributed by atoms with van der Waals surface area (Å²) in [4.78, 5) is 16.8. The van der Waals surface area contributed by atoms with Crippen LogP contribution >= 0.6 is 0 Å². The number of hydrogen-bond acceptors (Lipinski definition) is 10. The van der Waals surface area contributed by atoms with Crippen LogP contribution in [0.3, 0.4) is 0 Å². The van der Waals surface area contributed by atoms with Crippen molar-refractivity contribution in [3.05, 3.63) is 47.7 Å². The van der Waals surface area contributed by atoms with Gasteiger partial charge in [-0.05, 0) is 25.1 Å². The van der Waals surface area contributed by atoms with Gasteiger partial charge >= 0.3 is 6.01 Å². The Morgan fingerprint density at radius 2 is 2.06 bits per heavy atom. The van der Waals surface area contributed by atoms with E-state index in [0.29, 0.717) is 47.5 Å². The van der Waals surface area contributed by atoms with Crippen LogP contribution in [0.2, 0.25) is 0 Å². The molecule has 0 radical (unpaired) electrons. The van der Waals surface area contributed by atoms with Crippen LogP contribution in [0.25, 0.3) is 16.9 Å². The first-order valence-electron chi connectivity index (χ1n) is 9.67. The second kappa shape index (κ2) is 8.62. The second-order valence-corrected chi connectivity index (χ2v) is 7.01. The maximum absolute atomic E-state index is 10.6. The Morgan fingerprint density at radius 1 is 1.22 bits per heavy atom. The predicted octanol–water partition coefficient (Wildman–Crippen LogP) is 1.37. The Labute approximate surface area is 183 Å². The van der Waals surface area contributed by atoms with E-state index in [9.17, 15) is 5.11 Å². The van der Waals surface area contributed by atoms with E-state index in [1.165, 1.54) is 6.92 Å². The van der Waals surface area contributed by atoms with Crippen LogP contribution in [0.15, 0.2) is 35.0 Å². The molecule has 1 aromatic carbocycles. The van der Waals surface area contributed by atoms with Crippen LogP contribution < -0.4 is 10.5 Å². The summed E-state index contributed by atoms with van der Waals surface area (Å²) in [6.07, 6.45) is 1.55. The van der Waals surface area contributed by atoms with Gasteiger partial charge in [-0.2, -0.15) is 15.0 Å². The van der Waals surface area contributed by atoms with Crippen molar-refractivity contribution in [2.24, 2.45) is 0 Å². The molecule has 0 amide bonds. The third-order valence-electron chi connectivity index (χ3n) is 4.44. The van der Waals surface area contributed by atoms with Crippen molar-refractivity contribution >= 4 is 17.0 Å². The minimum absolute atomic E-state index is 0.0962. The number of benzene rings is 1. The lowest BCUT2D eigenvalue weighted by Gasteiger charge is -2.10. The standard InChI is InChI=1S/C21H21N7O4/c1-13-24-18(27-32-13)21(2,29)8-6-14-4-5-15-16(12-14)28(17-7-9-23-19(22)26-17)20(25-15)31-11-10-30-3/h4-5,7,9,12,29H,10-11H2,1-3H3,(H2,22,23,26). The van der Waals surface area contributed by atoms with E-state index in [-0.39, 0.29) is 11.8 Å². The van der Waals surface area contributed by atoms with Crippen molar-refractivity contribution in [2.75, 3.05) is 26.1 Å². The molecule has 0 saturated heterocycles. The zero-order chi connectivity index (χ0) is 22.7. The van der Waals surface area contributed by atoms with Gasteiger partial charge in [-0.15, -0.1) is 0 Å². The number of nitrogen functional groups attached to an aromatic ring is 1. The lowest BCUT2D eigenvalue weighted by atomic mass is 10.1. The third-order valence-corrected chi connectivity index (χ3v) is 4.44. The monoisotopic (exact) mass is 435 g/mol. The molecule has 32 heavy (non-hydrogen) atoms. The highest BCUT2D eigenvalue weighted by Gasteiger charge is 2.26. The summed E-state index contributed by atoms with van der Waals surface area (Å²) in [5.41, 5.74) is 6.18. The molecule has 3 heterocycles. The molecule has 3 N–H and O–H groups in total. The first-order valence-corrected chi connectivity index (χ1v) is 9.67. The quantitative estimate of drug-likeness (QED) is 0.336. The van der Waals surface area contributed by atoms with E-state index in [2.05, 4.69) is 36.9 Å². The fraction of sp³-hybridized carbons (Fsp3) is 0.286. The number of methoxy groups -OCH3 is 1. The summed E-state index contributed by atoms with van der Waals surface area (Å²) in [5, 5.41) is 14.4. The van der Waals surface area contributed by atoms with Crippen molar-refractivity contribution in [1.82, 2.24) is 29.7 Å². The number of nitrogens with two attached hydrogens (primary N) is 1. The molecule has 0 aliphatic rings. The highest BCUT2D eigenvalue weighted by molar-refractivity contribution is 5.80. The normalized spacial score (nSPS) is 12.9. The smallest absolute Gasteiger partial charge is 0.303 e. The maximum Gasteiger partial charge on any atom is 0.303 e. The van der Waals surface area contributed by atoms with Crippen LogP contribution in [0.1, 0.15) is 24.2 Å². The molecule has 0 spiro atoms. The topological polar surface area (TPSA) is 147 Å². The number of anilines is 1. The number of ether oxygens (including phenoxy) is 2. The number of rotatable bonds is 6. The molecular formula is C21H21N7O4. The number of imidazole rings is 1. The molecule has 0 aliphatic carbocycles.